The number of unbranched alkanes of at least 4 members (excludes halogenated alkanes) is 9. The summed E-state index contributed by atoms with van der Waals surface area (Å²) in [5, 5.41) is 11.3. The molecule has 29 heavy (non-hydrogen) atoms. The van der Waals surface area contributed by atoms with Crippen molar-refractivity contribution in [2.24, 2.45) is 5.92 Å². The molecule has 0 aliphatic carbocycles. The molecule has 0 aromatic heterocycles. The molecule has 2 aromatic carbocycles. The second-order valence-corrected chi connectivity index (χ2v) is 8.53. The van der Waals surface area contributed by atoms with E-state index in [0.29, 0.717) is 12.4 Å². The standard InChI is InChI=1S/C26H38O3/c1-21(2)15-11-9-7-5-3-4-6-8-10-14-20-29-24-19-18-22-16-12-13-17-23(22)25(24)26(27)28/h12-13,16-19,21H,3-11,14-15,20H2,1-2H3,(H,27,28). The normalized spacial score (nSPS) is 11.3. The Labute approximate surface area is 176 Å². The molecule has 0 fully saturated rings. The van der Waals surface area contributed by atoms with E-state index in [9.17, 15) is 9.90 Å². The van der Waals surface area contributed by atoms with Crippen molar-refractivity contribution in [3.05, 3.63) is 42.0 Å². The zero-order valence-corrected chi connectivity index (χ0v) is 18.3. The van der Waals surface area contributed by atoms with E-state index in [1.54, 1.807) is 6.07 Å². The van der Waals surface area contributed by atoms with Gasteiger partial charge in [-0.15, -0.1) is 0 Å². The summed E-state index contributed by atoms with van der Waals surface area (Å²) in [6.07, 6.45) is 14.2. The van der Waals surface area contributed by atoms with Crippen LogP contribution < -0.4 is 4.74 Å². The lowest BCUT2D eigenvalue weighted by Gasteiger charge is -2.11. The van der Waals surface area contributed by atoms with Gasteiger partial charge in [0.1, 0.15) is 11.3 Å². The highest BCUT2D eigenvalue weighted by Crippen LogP contribution is 2.28. The first-order chi connectivity index (χ1) is 14.1. The maximum atomic E-state index is 11.7. The molecule has 0 amide bonds. The van der Waals surface area contributed by atoms with E-state index in [-0.39, 0.29) is 5.56 Å². The third-order valence-electron chi connectivity index (χ3n) is 5.54. The van der Waals surface area contributed by atoms with Gasteiger partial charge >= 0.3 is 5.97 Å². The third kappa shape index (κ3) is 8.47. The zero-order valence-electron chi connectivity index (χ0n) is 18.3. The molecule has 2 rings (SSSR count). The maximum absolute atomic E-state index is 11.7. The van der Waals surface area contributed by atoms with Crippen LogP contribution in [0.15, 0.2) is 36.4 Å². The van der Waals surface area contributed by atoms with Gasteiger partial charge in [-0.05, 0) is 29.2 Å². The van der Waals surface area contributed by atoms with Crippen LogP contribution in [0.2, 0.25) is 0 Å². The van der Waals surface area contributed by atoms with Gasteiger partial charge in [0.2, 0.25) is 0 Å². The minimum absolute atomic E-state index is 0.275. The number of aromatic carboxylic acids is 1. The molecule has 3 nitrogen and oxygen atoms in total. The first-order valence-electron chi connectivity index (χ1n) is 11.5. The fraction of sp³-hybridized carbons (Fsp3) is 0.577. The SMILES string of the molecule is CC(C)CCCCCCCCCCCCOc1ccc2ccccc2c1C(=O)O. The van der Waals surface area contributed by atoms with E-state index < -0.39 is 5.97 Å². The quantitative estimate of drug-likeness (QED) is 0.310. The minimum Gasteiger partial charge on any atom is -0.493 e. The monoisotopic (exact) mass is 398 g/mol. The number of hydrogen-bond acceptors (Lipinski definition) is 2. The topological polar surface area (TPSA) is 46.5 Å². The second-order valence-electron chi connectivity index (χ2n) is 8.53. The second kappa shape index (κ2) is 13.2. The first-order valence-corrected chi connectivity index (χ1v) is 11.5. The molecule has 160 valence electrons. The summed E-state index contributed by atoms with van der Waals surface area (Å²) in [5.74, 6) is 0.394. The van der Waals surface area contributed by atoms with Crippen LogP contribution in [-0.4, -0.2) is 17.7 Å². The average molecular weight is 399 g/mol. The Morgan fingerprint density at radius 1 is 0.828 bits per heavy atom. The van der Waals surface area contributed by atoms with Crippen molar-refractivity contribution in [3.63, 3.8) is 0 Å². The van der Waals surface area contributed by atoms with Crippen molar-refractivity contribution >= 4 is 16.7 Å². The highest BCUT2D eigenvalue weighted by Gasteiger charge is 2.15. The Kier molecular flexibility index (Phi) is 10.6. The average Bonchev–Trinajstić information content (AvgIpc) is 2.70. The van der Waals surface area contributed by atoms with Gasteiger partial charge in [0.15, 0.2) is 0 Å². The Morgan fingerprint density at radius 3 is 2.03 bits per heavy atom. The molecule has 1 N–H and O–H groups in total. The fourth-order valence-corrected chi connectivity index (χ4v) is 3.84. The Hall–Kier alpha value is -2.03. The molecule has 0 spiro atoms. The van der Waals surface area contributed by atoms with E-state index in [1.165, 1.54) is 57.8 Å². The highest BCUT2D eigenvalue weighted by molar-refractivity contribution is 6.06. The van der Waals surface area contributed by atoms with Gasteiger partial charge in [0.25, 0.3) is 0 Å². The zero-order chi connectivity index (χ0) is 20.9. The lowest BCUT2D eigenvalue weighted by Crippen LogP contribution is -2.05. The number of hydrogen-bond donors (Lipinski definition) is 1. The molecule has 0 unspecified atom stereocenters. The van der Waals surface area contributed by atoms with Crippen LogP contribution in [0, 0.1) is 5.92 Å². The molecule has 0 saturated carbocycles. The number of benzene rings is 2. The number of fused-ring (bicyclic) bond motifs is 1. The van der Waals surface area contributed by atoms with Gasteiger partial charge in [-0.2, -0.15) is 0 Å². The van der Waals surface area contributed by atoms with Crippen molar-refractivity contribution in [2.75, 3.05) is 6.61 Å². The summed E-state index contributed by atoms with van der Waals surface area (Å²) in [6.45, 7) is 5.18. The van der Waals surface area contributed by atoms with Gasteiger partial charge < -0.3 is 9.84 Å². The molecule has 0 saturated heterocycles. The Bertz CT molecular complexity index is 736. The van der Waals surface area contributed by atoms with Crippen LogP contribution in [-0.2, 0) is 0 Å². The number of carboxylic acid groups (broad SMARTS) is 1. The number of rotatable bonds is 15. The van der Waals surface area contributed by atoms with Crippen LogP contribution >= 0.6 is 0 Å². The molecular weight excluding hydrogens is 360 g/mol. The van der Waals surface area contributed by atoms with E-state index in [4.69, 9.17) is 4.74 Å². The fourth-order valence-electron chi connectivity index (χ4n) is 3.84. The molecule has 0 aliphatic heterocycles. The summed E-state index contributed by atoms with van der Waals surface area (Å²) in [6, 6.07) is 11.3. The lowest BCUT2D eigenvalue weighted by molar-refractivity contribution is 0.0694. The minimum atomic E-state index is -0.930. The van der Waals surface area contributed by atoms with Crippen LogP contribution in [0.4, 0.5) is 0 Å². The van der Waals surface area contributed by atoms with Gasteiger partial charge in [0, 0.05) is 0 Å². The number of ether oxygens (including phenoxy) is 1. The molecule has 3 heteroatoms. The van der Waals surface area contributed by atoms with Crippen molar-refractivity contribution < 1.29 is 14.6 Å². The third-order valence-corrected chi connectivity index (χ3v) is 5.54. The van der Waals surface area contributed by atoms with Gasteiger partial charge in [-0.3, -0.25) is 0 Å². The molecule has 0 atom stereocenters. The molecule has 0 bridgehead atoms. The summed E-state index contributed by atoms with van der Waals surface area (Å²) in [4.78, 5) is 11.7. The van der Waals surface area contributed by atoms with Crippen molar-refractivity contribution in [2.45, 2.75) is 84.5 Å². The molecule has 0 radical (unpaired) electrons. The maximum Gasteiger partial charge on any atom is 0.340 e. The molecule has 0 aliphatic rings. The van der Waals surface area contributed by atoms with Crippen LogP contribution in [0.25, 0.3) is 10.8 Å². The largest absolute Gasteiger partial charge is 0.493 e. The summed E-state index contributed by atoms with van der Waals surface area (Å²) < 4.78 is 5.83. The molecule has 0 heterocycles. The van der Waals surface area contributed by atoms with E-state index in [0.717, 1.165) is 29.5 Å². The predicted molar refractivity (Wildman–Crippen MR) is 122 cm³/mol. The first kappa shape index (κ1) is 23.3. The predicted octanol–water partition coefficient (Wildman–Crippen LogP) is 7.86. The van der Waals surface area contributed by atoms with E-state index in [1.807, 2.05) is 30.3 Å². The van der Waals surface area contributed by atoms with Crippen LogP contribution in [0.5, 0.6) is 5.75 Å². The van der Waals surface area contributed by atoms with Crippen molar-refractivity contribution in [3.8, 4) is 5.75 Å². The number of carbonyl (C=O) groups is 1. The summed E-state index contributed by atoms with van der Waals surface area (Å²) in [7, 11) is 0. The van der Waals surface area contributed by atoms with Crippen molar-refractivity contribution in [1.82, 2.24) is 0 Å². The molecular formula is C26H38O3. The van der Waals surface area contributed by atoms with Gasteiger partial charge in [-0.25, -0.2) is 4.79 Å². The van der Waals surface area contributed by atoms with E-state index in [2.05, 4.69) is 13.8 Å². The summed E-state index contributed by atoms with van der Waals surface area (Å²) >= 11 is 0. The lowest BCUT2D eigenvalue weighted by atomic mass is 10.0. The highest BCUT2D eigenvalue weighted by atomic mass is 16.5. The summed E-state index contributed by atoms with van der Waals surface area (Å²) in [5.41, 5.74) is 0.275. The Morgan fingerprint density at radius 2 is 1.41 bits per heavy atom. The smallest absolute Gasteiger partial charge is 0.340 e. The van der Waals surface area contributed by atoms with Gasteiger partial charge in [-0.1, -0.05) is 108 Å². The molecule has 2 aromatic rings. The number of carboxylic acids is 1. The van der Waals surface area contributed by atoms with Crippen molar-refractivity contribution in [1.29, 1.82) is 0 Å². The van der Waals surface area contributed by atoms with Gasteiger partial charge in [0.05, 0.1) is 6.61 Å². The Balaban J connectivity index is 1.57. The van der Waals surface area contributed by atoms with Crippen LogP contribution in [0.1, 0.15) is 94.8 Å². The van der Waals surface area contributed by atoms with Crippen LogP contribution in [0.3, 0.4) is 0 Å². The van der Waals surface area contributed by atoms with E-state index >= 15 is 0 Å².